The number of fused-ring (bicyclic) bond motifs is 2. The second kappa shape index (κ2) is 3.89. The summed E-state index contributed by atoms with van der Waals surface area (Å²) in [7, 11) is 0. The summed E-state index contributed by atoms with van der Waals surface area (Å²) in [5, 5.41) is 8.86. The minimum Gasteiger partial charge on any atom is -0.481 e. The molecule has 0 unspecified atom stereocenters. The summed E-state index contributed by atoms with van der Waals surface area (Å²) in [6.07, 6.45) is -3.87. The molecule has 0 aromatic rings. The zero-order chi connectivity index (χ0) is 12.8. The van der Waals surface area contributed by atoms with E-state index < -0.39 is 30.0 Å². The molecule has 2 bridgehead atoms. The largest absolute Gasteiger partial charge is 0.481 e. The van der Waals surface area contributed by atoms with Crippen LogP contribution in [0.15, 0.2) is 0 Å². The lowest BCUT2D eigenvalue weighted by atomic mass is 9.82. The van der Waals surface area contributed by atoms with E-state index in [0.717, 1.165) is 4.90 Å². The zero-order valence-electron chi connectivity index (χ0n) is 8.91. The fraction of sp³-hybridized carbons (Fsp3) is 0.800. The second-order valence-corrected chi connectivity index (χ2v) is 4.72. The van der Waals surface area contributed by atoms with Crippen LogP contribution in [0.4, 0.5) is 13.2 Å². The second-order valence-electron chi connectivity index (χ2n) is 4.72. The van der Waals surface area contributed by atoms with Crippen molar-refractivity contribution in [3.63, 3.8) is 0 Å². The molecule has 1 aliphatic heterocycles. The first-order chi connectivity index (χ1) is 7.79. The molecule has 3 atom stereocenters. The molecule has 0 radical (unpaired) electrons. The van der Waals surface area contributed by atoms with Crippen molar-refractivity contribution in [1.82, 2.24) is 4.90 Å². The average Bonchev–Trinajstić information content (AvgIpc) is 2.50. The third kappa shape index (κ3) is 2.23. The molecule has 17 heavy (non-hydrogen) atoms. The van der Waals surface area contributed by atoms with Crippen molar-refractivity contribution >= 4 is 11.9 Å². The first-order valence-corrected chi connectivity index (χ1v) is 5.39. The van der Waals surface area contributed by atoms with E-state index in [2.05, 4.69) is 0 Å². The van der Waals surface area contributed by atoms with Crippen molar-refractivity contribution in [3.05, 3.63) is 0 Å². The van der Waals surface area contributed by atoms with E-state index in [1.54, 1.807) is 0 Å². The third-order valence-electron chi connectivity index (χ3n) is 3.53. The number of amides is 1. The molecule has 1 aliphatic carbocycles. The van der Waals surface area contributed by atoms with E-state index in [1.165, 1.54) is 0 Å². The van der Waals surface area contributed by atoms with Crippen LogP contribution in [0.25, 0.3) is 0 Å². The van der Waals surface area contributed by atoms with Gasteiger partial charge in [-0.05, 0) is 25.2 Å². The Kier molecular flexibility index (Phi) is 2.79. The summed E-state index contributed by atoms with van der Waals surface area (Å²) in [6.45, 7) is 0.0345. The quantitative estimate of drug-likeness (QED) is 0.763. The van der Waals surface area contributed by atoms with Gasteiger partial charge in [0.2, 0.25) is 0 Å². The van der Waals surface area contributed by atoms with Gasteiger partial charge in [-0.25, -0.2) is 0 Å². The Morgan fingerprint density at radius 1 is 1.18 bits per heavy atom. The monoisotopic (exact) mass is 251 g/mol. The number of likely N-dealkylation sites (tertiary alicyclic amines) is 1. The molecule has 4 nitrogen and oxygen atoms in total. The number of carboxylic acid groups (broad SMARTS) is 1. The summed E-state index contributed by atoms with van der Waals surface area (Å²) in [4.78, 5) is 22.8. The summed E-state index contributed by atoms with van der Waals surface area (Å²) in [6, 6.07) is -0.566. The topological polar surface area (TPSA) is 57.6 Å². The number of halogens is 3. The summed E-state index contributed by atoms with van der Waals surface area (Å²) in [5.74, 6) is -3.55. The number of carboxylic acids is 1. The Morgan fingerprint density at radius 2 is 1.82 bits per heavy atom. The SMILES string of the molecule is O=C(O)[C@@H]1C[C@@H]2C[C@H](C1)N(C(=O)C(F)(F)F)C2. The van der Waals surface area contributed by atoms with Gasteiger partial charge < -0.3 is 10.0 Å². The van der Waals surface area contributed by atoms with Crippen LogP contribution in [0.2, 0.25) is 0 Å². The lowest BCUT2D eigenvalue weighted by Crippen LogP contribution is -2.44. The van der Waals surface area contributed by atoms with E-state index in [4.69, 9.17) is 5.11 Å². The van der Waals surface area contributed by atoms with Gasteiger partial charge in [-0.1, -0.05) is 0 Å². The average molecular weight is 251 g/mol. The summed E-state index contributed by atoms with van der Waals surface area (Å²) < 4.78 is 36.9. The van der Waals surface area contributed by atoms with Crippen LogP contribution >= 0.6 is 0 Å². The molecule has 0 aromatic heterocycles. The lowest BCUT2D eigenvalue weighted by molar-refractivity contribution is -0.186. The minimum atomic E-state index is -4.86. The number of alkyl halides is 3. The predicted molar refractivity (Wildman–Crippen MR) is 50.0 cm³/mol. The van der Waals surface area contributed by atoms with Crippen molar-refractivity contribution in [2.45, 2.75) is 31.5 Å². The van der Waals surface area contributed by atoms with Crippen molar-refractivity contribution in [2.75, 3.05) is 6.54 Å². The van der Waals surface area contributed by atoms with Gasteiger partial charge in [0.1, 0.15) is 0 Å². The molecule has 1 N–H and O–H groups in total. The standard InChI is InChI=1S/C10H12F3NO3/c11-10(12,13)9(17)14-4-5-1-6(8(15)16)3-7(14)2-5/h5-7H,1-4H2,(H,15,16)/t5-,6-,7-/m1/s1. The summed E-state index contributed by atoms with van der Waals surface area (Å²) >= 11 is 0. The lowest BCUT2D eigenvalue weighted by Gasteiger charge is -2.27. The maximum Gasteiger partial charge on any atom is 0.471 e. The number of rotatable bonds is 1. The Balaban J connectivity index is 2.10. The fourth-order valence-corrected chi connectivity index (χ4v) is 2.85. The van der Waals surface area contributed by atoms with E-state index in [9.17, 15) is 22.8 Å². The van der Waals surface area contributed by atoms with Gasteiger partial charge in [0.15, 0.2) is 0 Å². The molecule has 7 heteroatoms. The molecule has 2 aliphatic rings. The van der Waals surface area contributed by atoms with Crippen LogP contribution in [0, 0.1) is 11.8 Å². The smallest absolute Gasteiger partial charge is 0.471 e. The molecule has 1 amide bonds. The Hall–Kier alpha value is -1.27. The Morgan fingerprint density at radius 3 is 2.35 bits per heavy atom. The number of carbonyl (C=O) groups excluding carboxylic acids is 1. The van der Waals surface area contributed by atoms with E-state index in [1.807, 2.05) is 0 Å². The highest BCUT2D eigenvalue weighted by molar-refractivity contribution is 5.82. The zero-order valence-corrected chi connectivity index (χ0v) is 8.91. The van der Waals surface area contributed by atoms with E-state index in [0.29, 0.717) is 12.8 Å². The highest BCUT2D eigenvalue weighted by Crippen LogP contribution is 2.40. The van der Waals surface area contributed by atoms with Crippen LogP contribution in [0.3, 0.4) is 0 Å². The van der Waals surface area contributed by atoms with E-state index >= 15 is 0 Å². The van der Waals surface area contributed by atoms with Gasteiger partial charge in [-0.15, -0.1) is 0 Å². The van der Waals surface area contributed by atoms with Crippen LogP contribution in [0.5, 0.6) is 0 Å². The first-order valence-electron chi connectivity index (χ1n) is 5.39. The van der Waals surface area contributed by atoms with Gasteiger partial charge in [0, 0.05) is 12.6 Å². The van der Waals surface area contributed by atoms with Crippen LogP contribution < -0.4 is 0 Å². The van der Waals surface area contributed by atoms with Crippen LogP contribution in [-0.2, 0) is 9.59 Å². The van der Waals surface area contributed by atoms with Crippen molar-refractivity contribution in [1.29, 1.82) is 0 Å². The maximum atomic E-state index is 12.3. The molecule has 1 heterocycles. The summed E-state index contributed by atoms with van der Waals surface area (Å²) in [5.41, 5.74) is 0. The number of hydrogen-bond acceptors (Lipinski definition) is 2. The third-order valence-corrected chi connectivity index (χ3v) is 3.53. The number of carbonyl (C=O) groups is 2. The molecule has 0 spiro atoms. The number of aliphatic carboxylic acids is 1. The number of hydrogen-bond donors (Lipinski definition) is 1. The minimum absolute atomic E-state index is 0.0345. The van der Waals surface area contributed by atoms with Gasteiger partial charge in [-0.2, -0.15) is 13.2 Å². The van der Waals surface area contributed by atoms with Crippen molar-refractivity contribution in [2.24, 2.45) is 11.8 Å². The highest BCUT2D eigenvalue weighted by Gasteiger charge is 2.50. The molecule has 0 aromatic carbocycles. The molecule has 1 saturated carbocycles. The van der Waals surface area contributed by atoms with Gasteiger partial charge in [0.25, 0.3) is 0 Å². The Labute approximate surface area is 95.4 Å². The highest BCUT2D eigenvalue weighted by atomic mass is 19.4. The Bertz CT molecular complexity index is 355. The van der Waals surface area contributed by atoms with Crippen molar-refractivity contribution < 1.29 is 27.9 Å². The van der Waals surface area contributed by atoms with Crippen LogP contribution in [-0.4, -0.2) is 40.6 Å². The molecule has 2 rings (SSSR count). The molecule has 96 valence electrons. The van der Waals surface area contributed by atoms with Gasteiger partial charge >= 0.3 is 18.1 Å². The van der Waals surface area contributed by atoms with E-state index in [-0.39, 0.29) is 18.9 Å². The van der Waals surface area contributed by atoms with Gasteiger partial charge in [0.05, 0.1) is 5.92 Å². The first kappa shape index (κ1) is 12.2. The molecule has 1 saturated heterocycles. The van der Waals surface area contributed by atoms with Crippen LogP contribution in [0.1, 0.15) is 19.3 Å². The van der Waals surface area contributed by atoms with Crippen molar-refractivity contribution in [3.8, 4) is 0 Å². The normalized spacial score (nSPS) is 32.6. The molecular formula is C10H12F3NO3. The molecular weight excluding hydrogens is 239 g/mol. The maximum absolute atomic E-state index is 12.3. The predicted octanol–water partition coefficient (Wildman–Crippen LogP) is 1.26. The van der Waals surface area contributed by atoms with Gasteiger partial charge in [-0.3, -0.25) is 9.59 Å². The fourth-order valence-electron chi connectivity index (χ4n) is 2.85. The molecule has 2 fully saturated rings. The number of nitrogens with zero attached hydrogens (tertiary/aromatic N) is 1.